The van der Waals surface area contributed by atoms with Crippen LogP contribution >= 0.6 is 0 Å². The van der Waals surface area contributed by atoms with Crippen LogP contribution in [0.25, 0.3) is 105 Å². The molecule has 0 atom stereocenters. The molecule has 0 radical (unpaired) electrons. The Balaban J connectivity index is 1.19. The summed E-state index contributed by atoms with van der Waals surface area (Å²) in [6.45, 7) is 0. The Labute approximate surface area is 292 Å². The van der Waals surface area contributed by atoms with Crippen LogP contribution in [0.5, 0.6) is 0 Å². The SMILES string of the molecule is c1ccc(-c2cc(-c3cccc4c3oc3c4ccc4c3c3ccccc3n4-c3cccc4c3oc3ccccc34)cc(-c3ccccc3)n2)cc1. The zero-order valence-electron chi connectivity index (χ0n) is 27.4. The number of nitrogens with zero attached hydrogens (tertiary/aromatic N) is 2. The van der Waals surface area contributed by atoms with Gasteiger partial charge in [0, 0.05) is 43.6 Å². The van der Waals surface area contributed by atoms with Gasteiger partial charge in [-0.25, -0.2) is 4.98 Å². The van der Waals surface area contributed by atoms with E-state index in [9.17, 15) is 0 Å². The Hall–Kier alpha value is -6.91. The molecule has 4 heterocycles. The van der Waals surface area contributed by atoms with Gasteiger partial charge in [0.05, 0.1) is 33.5 Å². The van der Waals surface area contributed by atoms with E-state index in [0.29, 0.717) is 0 Å². The molecule has 0 fully saturated rings. The quantitative estimate of drug-likeness (QED) is 0.190. The molecular weight excluding hydrogens is 625 g/mol. The zero-order chi connectivity index (χ0) is 33.5. The van der Waals surface area contributed by atoms with E-state index in [1.807, 2.05) is 24.3 Å². The van der Waals surface area contributed by atoms with Crippen molar-refractivity contribution in [3.8, 4) is 39.3 Å². The number of para-hydroxylation sites is 4. The smallest absolute Gasteiger partial charge is 0.159 e. The highest BCUT2D eigenvalue weighted by Crippen LogP contribution is 2.44. The lowest BCUT2D eigenvalue weighted by atomic mass is 9.98. The lowest BCUT2D eigenvalue weighted by Gasteiger charge is -2.10. The zero-order valence-corrected chi connectivity index (χ0v) is 27.4. The summed E-state index contributed by atoms with van der Waals surface area (Å²) >= 11 is 0. The molecule has 0 spiro atoms. The van der Waals surface area contributed by atoms with Crippen molar-refractivity contribution in [1.29, 1.82) is 0 Å². The highest BCUT2D eigenvalue weighted by Gasteiger charge is 2.22. The molecule has 11 rings (SSSR count). The van der Waals surface area contributed by atoms with Gasteiger partial charge < -0.3 is 13.4 Å². The Kier molecular flexibility index (Phi) is 5.92. The lowest BCUT2D eigenvalue weighted by Crippen LogP contribution is -1.94. The van der Waals surface area contributed by atoms with Crippen molar-refractivity contribution in [3.05, 3.63) is 170 Å². The highest BCUT2D eigenvalue weighted by molar-refractivity contribution is 6.25. The summed E-state index contributed by atoms with van der Waals surface area (Å²) in [6.07, 6.45) is 0. The van der Waals surface area contributed by atoms with Crippen LogP contribution in [0.1, 0.15) is 0 Å². The van der Waals surface area contributed by atoms with Crippen molar-refractivity contribution in [2.45, 2.75) is 0 Å². The minimum atomic E-state index is 0.862. The molecule has 0 N–H and O–H groups in total. The first kappa shape index (κ1) is 28.0. The third-order valence-electron chi connectivity index (χ3n) is 10.2. The lowest BCUT2D eigenvalue weighted by molar-refractivity contribution is 0.666. The van der Waals surface area contributed by atoms with Crippen molar-refractivity contribution < 1.29 is 8.83 Å². The van der Waals surface area contributed by atoms with Crippen molar-refractivity contribution in [3.63, 3.8) is 0 Å². The number of hydrogen-bond donors (Lipinski definition) is 0. The van der Waals surface area contributed by atoms with Gasteiger partial charge in [-0.1, -0.05) is 127 Å². The third-order valence-corrected chi connectivity index (χ3v) is 10.2. The van der Waals surface area contributed by atoms with Gasteiger partial charge in [-0.15, -0.1) is 0 Å². The molecule has 0 amide bonds. The van der Waals surface area contributed by atoms with E-state index >= 15 is 0 Å². The largest absolute Gasteiger partial charge is 0.455 e. The van der Waals surface area contributed by atoms with Crippen LogP contribution < -0.4 is 0 Å². The van der Waals surface area contributed by atoms with Gasteiger partial charge >= 0.3 is 0 Å². The van der Waals surface area contributed by atoms with Crippen LogP contribution in [0.3, 0.4) is 0 Å². The fraction of sp³-hybridized carbons (Fsp3) is 0. The first-order chi connectivity index (χ1) is 25.3. The number of rotatable bonds is 4. The van der Waals surface area contributed by atoms with Gasteiger partial charge in [0.1, 0.15) is 16.7 Å². The third kappa shape index (κ3) is 4.17. The summed E-state index contributed by atoms with van der Waals surface area (Å²) in [6, 6.07) is 59.3. The first-order valence-electron chi connectivity index (χ1n) is 17.2. The number of furan rings is 2. The predicted molar refractivity (Wildman–Crippen MR) is 209 cm³/mol. The number of fused-ring (bicyclic) bond motifs is 10. The van der Waals surface area contributed by atoms with E-state index in [0.717, 1.165) is 105 Å². The summed E-state index contributed by atoms with van der Waals surface area (Å²) in [7, 11) is 0. The number of hydrogen-bond acceptors (Lipinski definition) is 3. The van der Waals surface area contributed by atoms with Crippen LogP contribution in [0.15, 0.2) is 179 Å². The van der Waals surface area contributed by atoms with E-state index in [1.165, 1.54) is 0 Å². The van der Waals surface area contributed by atoms with Gasteiger partial charge in [0.2, 0.25) is 0 Å². The molecule has 11 aromatic rings. The van der Waals surface area contributed by atoms with Crippen LogP contribution in [0.2, 0.25) is 0 Å². The van der Waals surface area contributed by atoms with E-state index in [1.54, 1.807) is 0 Å². The fourth-order valence-electron chi connectivity index (χ4n) is 7.90. The first-order valence-corrected chi connectivity index (χ1v) is 17.2. The predicted octanol–water partition coefficient (Wildman–Crippen LogP) is 13.0. The van der Waals surface area contributed by atoms with E-state index in [2.05, 4.69) is 150 Å². The Morgan fingerprint density at radius 2 is 1.00 bits per heavy atom. The normalized spacial score (nSPS) is 11.9. The van der Waals surface area contributed by atoms with Crippen LogP contribution in [-0.2, 0) is 0 Å². The molecular formula is C47H28N2O2. The van der Waals surface area contributed by atoms with Gasteiger partial charge in [-0.05, 0) is 48.0 Å². The fourth-order valence-corrected chi connectivity index (χ4v) is 7.90. The maximum absolute atomic E-state index is 7.08. The molecule has 0 aliphatic rings. The molecule has 0 aliphatic heterocycles. The second-order valence-electron chi connectivity index (χ2n) is 13.1. The average molecular weight is 653 g/mol. The molecule has 7 aromatic carbocycles. The van der Waals surface area contributed by atoms with Crippen molar-refractivity contribution >= 4 is 65.7 Å². The second-order valence-corrected chi connectivity index (χ2v) is 13.1. The van der Waals surface area contributed by atoms with Gasteiger partial charge in [0.25, 0.3) is 0 Å². The van der Waals surface area contributed by atoms with E-state index < -0.39 is 0 Å². The molecule has 238 valence electrons. The van der Waals surface area contributed by atoms with E-state index in [-0.39, 0.29) is 0 Å². The summed E-state index contributed by atoms with van der Waals surface area (Å²) in [5, 5.41) is 6.61. The van der Waals surface area contributed by atoms with Gasteiger partial charge in [0.15, 0.2) is 5.58 Å². The van der Waals surface area contributed by atoms with Crippen molar-refractivity contribution in [2.24, 2.45) is 0 Å². The number of aromatic nitrogens is 2. The molecule has 0 bridgehead atoms. The van der Waals surface area contributed by atoms with Crippen LogP contribution in [0, 0.1) is 0 Å². The van der Waals surface area contributed by atoms with Gasteiger partial charge in [-0.2, -0.15) is 0 Å². The monoisotopic (exact) mass is 652 g/mol. The summed E-state index contributed by atoms with van der Waals surface area (Å²) in [5.74, 6) is 0. The molecule has 4 heteroatoms. The minimum absolute atomic E-state index is 0.862. The van der Waals surface area contributed by atoms with Crippen molar-refractivity contribution in [1.82, 2.24) is 9.55 Å². The molecule has 0 saturated carbocycles. The Morgan fingerprint density at radius 3 is 1.76 bits per heavy atom. The summed E-state index contributed by atoms with van der Waals surface area (Å²) in [4.78, 5) is 5.12. The average Bonchev–Trinajstić information content (AvgIpc) is 3.88. The molecule has 0 saturated heterocycles. The van der Waals surface area contributed by atoms with E-state index in [4.69, 9.17) is 13.8 Å². The molecule has 4 aromatic heterocycles. The highest BCUT2D eigenvalue weighted by atomic mass is 16.3. The maximum Gasteiger partial charge on any atom is 0.159 e. The minimum Gasteiger partial charge on any atom is -0.455 e. The van der Waals surface area contributed by atoms with Gasteiger partial charge in [-0.3, -0.25) is 0 Å². The summed E-state index contributed by atoms with van der Waals surface area (Å²) < 4.78 is 15.9. The molecule has 0 unspecified atom stereocenters. The number of benzene rings is 7. The molecule has 51 heavy (non-hydrogen) atoms. The Morgan fingerprint density at radius 1 is 0.392 bits per heavy atom. The topological polar surface area (TPSA) is 44.1 Å². The summed E-state index contributed by atoms with van der Waals surface area (Å²) in [5.41, 5.74) is 12.7. The standard InChI is InChI=1S/C47H28N2O2/c1-3-13-29(14-4-1)38-27-31(28-39(48-38)30-15-5-2-6-16-30)32-19-11-20-35-36-25-26-41-44(47(36)51-45(32)35)37-18-7-9-22-40(37)49(41)42-23-12-21-34-33-17-8-10-24-43(33)50-46(34)42/h1-28H. The van der Waals surface area contributed by atoms with Crippen LogP contribution in [0.4, 0.5) is 0 Å². The molecule has 0 aliphatic carbocycles. The second kappa shape index (κ2) is 10.8. The van der Waals surface area contributed by atoms with Crippen LogP contribution in [-0.4, -0.2) is 9.55 Å². The number of pyridine rings is 1. The molecule has 4 nitrogen and oxygen atoms in total. The van der Waals surface area contributed by atoms with Crippen molar-refractivity contribution in [2.75, 3.05) is 0 Å². The Bertz CT molecular complexity index is 3070. The maximum atomic E-state index is 7.08.